The molecule has 0 heterocycles. The Kier molecular flexibility index (Phi) is 14.7. The molecular weight excluding hydrogens is 705 g/mol. The fraction of sp³-hybridized carbons (Fsp3) is 0.500. The van der Waals surface area contributed by atoms with E-state index in [2.05, 4.69) is 27.7 Å². The second kappa shape index (κ2) is 19.4. The Hall–Kier alpha value is -4.72. The van der Waals surface area contributed by atoms with Crippen LogP contribution in [0.4, 0.5) is 0 Å². The van der Waals surface area contributed by atoms with Crippen LogP contribution in [0, 0.1) is 0 Å². The van der Waals surface area contributed by atoms with Crippen LogP contribution in [0.25, 0.3) is 43.1 Å². The zero-order valence-corrected chi connectivity index (χ0v) is 34.7. The number of fused-ring (bicyclic) bond motifs is 2. The smallest absolute Gasteiger partial charge is 0.339 e. The first-order valence-electron chi connectivity index (χ1n) is 21.0. The normalized spacial score (nSPS) is 13.9. The topological polar surface area (TPSA) is 105 Å². The van der Waals surface area contributed by atoms with Gasteiger partial charge in [0.15, 0.2) is 0 Å². The van der Waals surface area contributed by atoms with Gasteiger partial charge in [-0.25, -0.2) is 19.2 Å². The van der Waals surface area contributed by atoms with Gasteiger partial charge >= 0.3 is 23.9 Å². The Bertz CT molecular complexity index is 1870. The zero-order valence-electron chi connectivity index (χ0n) is 34.7. The number of unbranched alkanes of at least 4 members (excludes halogenated alkanes) is 4. The molecule has 0 aromatic heterocycles. The summed E-state index contributed by atoms with van der Waals surface area (Å²) in [5.74, 6) is -2.03. The SMILES string of the molecule is CCCCC(C)OC(=O)c1ccc2c3ccc(C(=O)OC(C)CCCC)c4c(C(=O)OC(C)CCCC)ccc(c5ccc(C(=O)OC(C)CCCC)c1c25)c43. The number of carbonyl (C=O) groups excluding carboxylic acids is 4. The number of rotatable bonds is 20. The van der Waals surface area contributed by atoms with Gasteiger partial charge in [-0.3, -0.25) is 0 Å². The molecule has 0 spiro atoms. The van der Waals surface area contributed by atoms with Gasteiger partial charge in [-0.2, -0.15) is 0 Å². The molecule has 5 aromatic rings. The zero-order chi connectivity index (χ0) is 40.5. The van der Waals surface area contributed by atoms with Crippen LogP contribution in [-0.2, 0) is 18.9 Å². The lowest BCUT2D eigenvalue weighted by molar-refractivity contribution is 0.0304. The van der Waals surface area contributed by atoms with Crippen molar-refractivity contribution in [3.63, 3.8) is 0 Å². The van der Waals surface area contributed by atoms with Crippen LogP contribution in [0.2, 0.25) is 0 Å². The molecule has 0 aliphatic rings. The maximum atomic E-state index is 14.0. The predicted molar refractivity (Wildman–Crippen MR) is 225 cm³/mol. The first-order chi connectivity index (χ1) is 26.9. The number of hydrogen-bond acceptors (Lipinski definition) is 8. The minimum absolute atomic E-state index is 0.282. The van der Waals surface area contributed by atoms with Crippen LogP contribution in [0.3, 0.4) is 0 Å². The molecular formula is C48H60O8. The van der Waals surface area contributed by atoms with Crippen LogP contribution < -0.4 is 0 Å². The second-order valence-electron chi connectivity index (χ2n) is 15.6. The Morgan fingerprint density at radius 1 is 0.375 bits per heavy atom. The minimum Gasteiger partial charge on any atom is -0.459 e. The van der Waals surface area contributed by atoms with Crippen molar-refractivity contribution in [1.29, 1.82) is 0 Å². The van der Waals surface area contributed by atoms with Gasteiger partial charge in [0.2, 0.25) is 0 Å². The van der Waals surface area contributed by atoms with Crippen LogP contribution in [-0.4, -0.2) is 48.3 Å². The highest BCUT2D eigenvalue weighted by atomic mass is 16.6. The van der Waals surface area contributed by atoms with Crippen LogP contribution in [0.1, 0.15) is 174 Å². The molecule has 56 heavy (non-hydrogen) atoms. The third kappa shape index (κ3) is 9.28. The number of benzene rings is 5. The fourth-order valence-electron chi connectivity index (χ4n) is 7.76. The van der Waals surface area contributed by atoms with Gasteiger partial charge in [-0.1, -0.05) is 103 Å². The number of esters is 4. The van der Waals surface area contributed by atoms with Crippen molar-refractivity contribution in [2.24, 2.45) is 0 Å². The lowest BCUT2D eigenvalue weighted by Gasteiger charge is -2.22. The summed E-state index contributed by atoms with van der Waals surface area (Å²) >= 11 is 0. The molecule has 5 aromatic carbocycles. The molecule has 0 saturated carbocycles. The van der Waals surface area contributed by atoms with Crippen molar-refractivity contribution in [2.45, 2.75) is 157 Å². The van der Waals surface area contributed by atoms with Gasteiger partial charge in [0.05, 0.1) is 46.7 Å². The standard InChI is InChI=1S/C48H60O8/c1-9-13-17-29(5)53-45(49)37-25-21-33-35-23-27-39(47(51)55-31(7)19-15-11-3)44-40(48(52)56-32(8)20-16-12-4)28-24-36(42(35)44)34-22-26-38(43(37)41(33)34)46(50)54-30(6)18-14-10-2/h21-32H,9-20H2,1-8H3. The monoisotopic (exact) mass is 764 g/mol. The van der Waals surface area contributed by atoms with Gasteiger partial charge in [-0.15, -0.1) is 0 Å². The van der Waals surface area contributed by atoms with E-state index in [1.165, 1.54) is 0 Å². The molecule has 300 valence electrons. The molecule has 0 bridgehead atoms. The lowest BCUT2D eigenvalue weighted by atomic mass is 9.84. The van der Waals surface area contributed by atoms with Crippen LogP contribution in [0.15, 0.2) is 48.5 Å². The average molecular weight is 765 g/mol. The molecule has 4 unspecified atom stereocenters. The number of hydrogen-bond donors (Lipinski definition) is 0. The van der Waals surface area contributed by atoms with E-state index in [0.717, 1.165) is 98.6 Å². The molecule has 0 amide bonds. The van der Waals surface area contributed by atoms with Gasteiger partial charge in [-0.05, 0) is 110 Å². The highest BCUT2D eigenvalue weighted by Crippen LogP contribution is 2.44. The molecule has 0 radical (unpaired) electrons. The van der Waals surface area contributed by atoms with Crippen molar-refractivity contribution in [3.8, 4) is 0 Å². The Labute approximate surface area is 331 Å². The summed E-state index contributed by atoms with van der Waals surface area (Å²) in [6, 6.07) is 14.4. The lowest BCUT2D eigenvalue weighted by Crippen LogP contribution is -2.19. The first kappa shape index (κ1) is 42.4. The van der Waals surface area contributed by atoms with Gasteiger partial charge < -0.3 is 18.9 Å². The highest BCUT2D eigenvalue weighted by Gasteiger charge is 2.29. The Balaban J connectivity index is 1.79. The number of ether oxygens (including phenoxy) is 4. The Morgan fingerprint density at radius 3 is 0.786 bits per heavy atom. The molecule has 8 heteroatoms. The summed E-state index contributed by atoms with van der Waals surface area (Å²) in [6.07, 6.45) is 9.30. The van der Waals surface area contributed by atoms with E-state index in [4.69, 9.17) is 18.9 Å². The fourth-order valence-corrected chi connectivity index (χ4v) is 7.76. The second-order valence-corrected chi connectivity index (χ2v) is 15.6. The molecule has 0 fully saturated rings. The minimum atomic E-state index is -0.507. The molecule has 8 nitrogen and oxygen atoms in total. The molecule has 0 saturated heterocycles. The predicted octanol–water partition coefficient (Wildman–Crippen LogP) is 12.7. The maximum Gasteiger partial charge on any atom is 0.339 e. The quantitative estimate of drug-likeness (QED) is 0.0334. The van der Waals surface area contributed by atoms with Crippen molar-refractivity contribution in [1.82, 2.24) is 0 Å². The van der Waals surface area contributed by atoms with Crippen molar-refractivity contribution in [3.05, 3.63) is 70.8 Å². The van der Waals surface area contributed by atoms with E-state index < -0.39 is 23.9 Å². The first-order valence-corrected chi connectivity index (χ1v) is 21.0. The third-order valence-electron chi connectivity index (χ3n) is 10.9. The van der Waals surface area contributed by atoms with Crippen molar-refractivity contribution < 1.29 is 38.1 Å². The molecule has 0 N–H and O–H groups in total. The van der Waals surface area contributed by atoms with E-state index in [1.54, 1.807) is 24.3 Å². The summed E-state index contributed by atoms with van der Waals surface area (Å²) in [5.41, 5.74) is 1.13. The maximum absolute atomic E-state index is 14.0. The van der Waals surface area contributed by atoms with Crippen LogP contribution in [0.5, 0.6) is 0 Å². The summed E-state index contributed by atoms with van der Waals surface area (Å²) in [7, 11) is 0. The van der Waals surface area contributed by atoms with Gasteiger partial charge in [0.1, 0.15) is 0 Å². The van der Waals surface area contributed by atoms with Crippen molar-refractivity contribution >= 4 is 67.0 Å². The molecule has 0 aliphatic heterocycles. The van der Waals surface area contributed by atoms with E-state index in [1.807, 2.05) is 52.0 Å². The third-order valence-corrected chi connectivity index (χ3v) is 10.9. The summed E-state index contributed by atoms with van der Waals surface area (Å²) in [6.45, 7) is 15.9. The van der Waals surface area contributed by atoms with E-state index in [0.29, 0.717) is 21.5 Å². The summed E-state index contributed by atoms with van der Waals surface area (Å²) in [5, 5.41) is 5.37. The van der Waals surface area contributed by atoms with Crippen LogP contribution >= 0.6 is 0 Å². The highest BCUT2D eigenvalue weighted by molar-refractivity contribution is 6.38. The molecule has 4 atom stereocenters. The average Bonchev–Trinajstić information content (AvgIpc) is 3.18. The molecule has 5 rings (SSSR count). The van der Waals surface area contributed by atoms with Gasteiger partial charge in [0, 0.05) is 10.8 Å². The van der Waals surface area contributed by atoms with E-state index in [-0.39, 0.29) is 46.7 Å². The van der Waals surface area contributed by atoms with E-state index >= 15 is 0 Å². The largest absolute Gasteiger partial charge is 0.459 e. The van der Waals surface area contributed by atoms with E-state index in [9.17, 15) is 19.2 Å². The summed E-state index contributed by atoms with van der Waals surface area (Å²) in [4.78, 5) is 56.0. The van der Waals surface area contributed by atoms with Crippen molar-refractivity contribution in [2.75, 3.05) is 0 Å². The Morgan fingerprint density at radius 2 is 0.589 bits per heavy atom. The number of carbonyl (C=O) groups is 4. The molecule has 0 aliphatic carbocycles. The summed E-state index contributed by atoms with van der Waals surface area (Å²) < 4.78 is 23.9. The van der Waals surface area contributed by atoms with Gasteiger partial charge in [0.25, 0.3) is 0 Å².